The molecule has 2 fully saturated rings. The number of ether oxygens (including phenoxy) is 1. The molecule has 0 aliphatic carbocycles. The Morgan fingerprint density at radius 1 is 1.03 bits per heavy atom. The van der Waals surface area contributed by atoms with Crippen LogP contribution in [0, 0.1) is 12.8 Å². The van der Waals surface area contributed by atoms with E-state index in [9.17, 15) is 9.59 Å². The van der Waals surface area contributed by atoms with Gasteiger partial charge in [0, 0.05) is 60.9 Å². The number of rotatable bonds is 7. The van der Waals surface area contributed by atoms with Gasteiger partial charge in [-0.1, -0.05) is 6.07 Å². The average molecular weight is 487 g/mol. The molecule has 0 saturated carbocycles. The highest BCUT2D eigenvalue weighted by Gasteiger charge is 2.35. The van der Waals surface area contributed by atoms with Crippen LogP contribution < -0.4 is 25.2 Å². The maximum atomic E-state index is 12.9. The molecule has 1 aromatic heterocycles. The Labute approximate surface area is 210 Å². The number of nitrogens with one attached hydrogen (secondary N) is 2. The summed E-state index contributed by atoms with van der Waals surface area (Å²) in [5, 5.41) is 6.20. The first-order valence-electron chi connectivity index (χ1n) is 12.2. The van der Waals surface area contributed by atoms with Crippen molar-refractivity contribution >= 4 is 40.6 Å². The monoisotopic (exact) mass is 486 g/mol. The van der Waals surface area contributed by atoms with Crippen LogP contribution in [0.5, 0.6) is 5.75 Å². The lowest BCUT2D eigenvalue weighted by Crippen LogP contribution is -2.28. The summed E-state index contributed by atoms with van der Waals surface area (Å²) in [5.41, 5.74) is 3.13. The summed E-state index contributed by atoms with van der Waals surface area (Å²) < 4.78 is 5.25. The second-order valence-electron chi connectivity index (χ2n) is 9.18. The van der Waals surface area contributed by atoms with Gasteiger partial charge in [0.25, 0.3) is 0 Å². The predicted octanol–water partition coefficient (Wildman–Crippen LogP) is 4.13. The fourth-order valence-electron chi connectivity index (χ4n) is 4.64. The molecule has 3 heterocycles. The normalized spacial score (nSPS) is 17.4. The maximum absolute atomic E-state index is 12.9. The van der Waals surface area contributed by atoms with Crippen molar-refractivity contribution in [2.45, 2.75) is 26.2 Å². The molecule has 2 aliphatic heterocycles. The van der Waals surface area contributed by atoms with Gasteiger partial charge in [-0.15, -0.1) is 0 Å². The van der Waals surface area contributed by atoms with Gasteiger partial charge in [0.15, 0.2) is 0 Å². The predicted molar refractivity (Wildman–Crippen MR) is 140 cm³/mol. The van der Waals surface area contributed by atoms with Crippen LogP contribution in [-0.2, 0) is 9.59 Å². The van der Waals surface area contributed by atoms with Crippen molar-refractivity contribution in [3.63, 3.8) is 0 Å². The SMILES string of the molecule is COc1cccc(N2C[C@@H](C(=O)Nc3ccc(Nc4nc(C)cc(N5CCCC5)n4)cc3)CC2=O)c1. The largest absolute Gasteiger partial charge is 0.497 e. The number of aromatic nitrogens is 2. The summed E-state index contributed by atoms with van der Waals surface area (Å²) in [7, 11) is 1.59. The van der Waals surface area contributed by atoms with Crippen molar-refractivity contribution in [3.05, 3.63) is 60.3 Å². The van der Waals surface area contributed by atoms with Crippen molar-refractivity contribution in [1.29, 1.82) is 0 Å². The van der Waals surface area contributed by atoms with E-state index in [0.29, 0.717) is 23.9 Å². The van der Waals surface area contributed by atoms with E-state index < -0.39 is 5.92 Å². The van der Waals surface area contributed by atoms with Gasteiger partial charge in [-0.2, -0.15) is 4.98 Å². The highest BCUT2D eigenvalue weighted by Crippen LogP contribution is 2.29. The number of carbonyl (C=O) groups is 2. The molecule has 0 bridgehead atoms. The van der Waals surface area contributed by atoms with Crippen LogP contribution in [0.15, 0.2) is 54.6 Å². The molecule has 0 spiro atoms. The standard InChI is InChI=1S/C27H30N6O3/c1-18-14-24(32-12-3-4-13-32)31-27(28-18)30-21-10-8-20(9-11-21)29-26(35)19-15-25(34)33(17-19)22-6-5-7-23(16-22)36-2/h5-11,14,16,19H,3-4,12-13,15,17H2,1-2H3,(H,29,35)(H,28,30,31)/t19-/m0/s1. The average Bonchev–Trinajstić information content (AvgIpc) is 3.55. The minimum Gasteiger partial charge on any atom is -0.497 e. The molecule has 0 radical (unpaired) electrons. The summed E-state index contributed by atoms with van der Waals surface area (Å²) in [6.07, 6.45) is 2.55. The molecule has 186 valence electrons. The molecule has 2 aromatic carbocycles. The van der Waals surface area contributed by atoms with Crippen LogP contribution in [-0.4, -0.2) is 48.5 Å². The fraction of sp³-hybridized carbons (Fsp3) is 0.333. The molecule has 9 nitrogen and oxygen atoms in total. The Bertz CT molecular complexity index is 1260. The van der Waals surface area contributed by atoms with E-state index in [1.165, 1.54) is 12.8 Å². The van der Waals surface area contributed by atoms with Gasteiger partial charge < -0.3 is 25.2 Å². The third kappa shape index (κ3) is 5.25. The van der Waals surface area contributed by atoms with Gasteiger partial charge in [-0.25, -0.2) is 4.98 Å². The summed E-state index contributed by atoms with van der Waals surface area (Å²) in [4.78, 5) is 38.6. The summed E-state index contributed by atoms with van der Waals surface area (Å²) in [6.45, 7) is 4.35. The number of anilines is 5. The van der Waals surface area contributed by atoms with Crippen LogP contribution >= 0.6 is 0 Å². The number of aryl methyl sites for hydroxylation is 1. The number of methoxy groups -OCH3 is 1. The summed E-state index contributed by atoms with van der Waals surface area (Å²) in [5.74, 6) is 1.49. The zero-order valence-corrected chi connectivity index (χ0v) is 20.5. The summed E-state index contributed by atoms with van der Waals surface area (Å²) >= 11 is 0. The van der Waals surface area contributed by atoms with Crippen LogP contribution in [0.4, 0.5) is 28.8 Å². The number of amides is 2. The van der Waals surface area contributed by atoms with E-state index in [1.807, 2.05) is 55.5 Å². The molecule has 2 amide bonds. The number of nitrogens with zero attached hydrogens (tertiary/aromatic N) is 4. The minimum absolute atomic E-state index is 0.0746. The molecular weight excluding hydrogens is 456 g/mol. The third-order valence-corrected chi connectivity index (χ3v) is 6.54. The lowest BCUT2D eigenvalue weighted by Gasteiger charge is -2.18. The van der Waals surface area contributed by atoms with Crippen LogP contribution in [0.25, 0.3) is 0 Å². The van der Waals surface area contributed by atoms with Crippen molar-refractivity contribution in [3.8, 4) is 5.75 Å². The quantitative estimate of drug-likeness (QED) is 0.518. The Kier molecular flexibility index (Phi) is 6.71. The molecule has 5 rings (SSSR count). The molecule has 1 atom stereocenters. The second kappa shape index (κ2) is 10.2. The Morgan fingerprint density at radius 2 is 1.78 bits per heavy atom. The first kappa shape index (κ1) is 23.6. The van der Waals surface area contributed by atoms with E-state index in [4.69, 9.17) is 4.74 Å². The Balaban J connectivity index is 1.20. The molecule has 3 aromatic rings. The highest BCUT2D eigenvalue weighted by molar-refractivity contribution is 6.03. The number of benzene rings is 2. The number of hydrogen-bond donors (Lipinski definition) is 2. The smallest absolute Gasteiger partial charge is 0.229 e. The van der Waals surface area contributed by atoms with Gasteiger partial charge in [0.05, 0.1) is 13.0 Å². The van der Waals surface area contributed by atoms with Crippen LogP contribution in [0.2, 0.25) is 0 Å². The van der Waals surface area contributed by atoms with Crippen molar-refractivity contribution in [2.75, 3.05) is 47.2 Å². The van der Waals surface area contributed by atoms with E-state index >= 15 is 0 Å². The minimum atomic E-state index is -0.425. The number of carbonyl (C=O) groups excluding carboxylic acids is 2. The molecule has 2 N–H and O–H groups in total. The number of hydrogen-bond acceptors (Lipinski definition) is 7. The van der Waals surface area contributed by atoms with E-state index in [1.54, 1.807) is 18.1 Å². The first-order chi connectivity index (χ1) is 17.5. The molecule has 2 saturated heterocycles. The molecular formula is C27H30N6O3. The topological polar surface area (TPSA) is 99.7 Å². The highest BCUT2D eigenvalue weighted by atomic mass is 16.5. The van der Waals surface area contributed by atoms with Gasteiger partial charge in [-0.05, 0) is 56.2 Å². The van der Waals surface area contributed by atoms with Crippen molar-refractivity contribution in [2.24, 2.45) is 5.92 Å². The Hall–Kier alpha value is -4.14. The lowest BCUT2D eigenvalue weighted by atomic mass is 10.1. The van der Waals surface area contributed by atoms with Crippen molar-refractivity contribution in [1.82, 2.24) is 9.97 Å². The van der Waals surface area contributed by atoms with Gasteiger partial charge in [-0.3, -0.25) is 9.59 Å². The molecule has 0 unspecified atom stereocenters. The summed E-state index contributed by atoms with van der Waals surface area (Å²) in [6, 6.07) is 16.7. The van der Waals surface area contributed by atoms with E-state index in [0.717, 1.165) is 36.0 Å². The zero-order chi connectivity index (χ0) is 25.1. The second-order valence-corrected chi connectivity index (χ2v) is 9.18. The van der Waals surface area contributed by atoms with E-state index in [-0.39, 0.29) is 18.2 Å². The van der Waals surface area contributed by atoms with E-state index in [2.05, 4.69) is 25.5 Å². The van der Waals surface area contributed by atoms with Gasteiger partial charge in [0.2, 0.25) is 17.8 Å². The van der Waals surface area contributed by atoms with Crippen LogP contribution in [0.3, 0.4) is 0 Å². The molecule has 2 aliphatic rings. The lowest BCUT2D eigenvalue weighted by molar-refractivity contribution is -0.122. The van der Waals surface area contributed by atoms with Crippen molar-refractivity contribution < 1.29 is 14.3 Å². The third-order valence-electron chi connectivity index (χ3n) is 6.54. The fourth-order valence-corrected chi connectivity index (χ4v) is 4.64. The molecule has 9 heteroatoms. The first-order valence-corrected chi connectivity index (χ1v) is 12.2. The maximum Gasteiger partial charge on any atom is 0.229 e. The van der Waals surface area contributed by atoms with Gasteiger partial charge in [0.1, 0.15) is 11.6 Å². The van der Waals surface area contributed by atoms with Crippen LogP contribution in [0.1, 0.15) is 25.0 Å². The zero-order valence-electron chi connectivity index (χ0n) is 20.5. The Morgan fingerprint density at radius 3 is 2.53 bits per heavy atom. The van der Waals surface area contributed by atoms with Gasteiger partial charge >= 0.3 is 0 Å². The molecule has 36 heavy (non-hydrogen) atoms.